The average molecular weight is 167 g/mol. The second-order valence-electron chi connectivity index (χ2n) is 2.53. The Morgan fingerprint density at radius 2 is 2.75 bits per heavy atom. The number of hydrogen-bond donors (Lipinski definition) is 1. The minimum absolute atomic E-state index is 0.453. The maximum Gasteiger partial charge on any atom is 0.187 e. The first kappa shape index (κ1) is 7.30. The van der Waals surface area contributed by atoms with Gasteiger partial charge in [-0.1, -0.05) is 0 Å². The van der Waals surface area contributed by atoms with E-state index in [1.807, 2.05) is 11.0 Å². The molecule has 1 fully saturated rings. The molecule has 2 rings (SSSR count). The van der Waals surface area contributed by atoms with Crippen LogP contribution in [0, 0.1) is 0 Å². The lowest BCUT2D eigenvalue weighted by Crippen LogP contribution is -2.31. The zero-order valence-electron chi connectivity index (χ0n) is 6.43. The molecule has 0 aromatic carbocycles. The van der Waals surface area contributed by atoms with E-state index in [1.165, 1.54) is 0 Å². The summed E-state index contributed by atoms with van der Waals surface area (Å²) in [6, 6.07) is 1.81. The number of hydrogen-bond acceptors (Lipinski definition) is 4. The SMILES string of the molecule is O=CC1OCCN1c1ccn[nH]1. The van der Waals surface area contributed by atoms with Crippen LogP contribution in [0.3, 0.4) is 0 Å². The number of carbonyl (C=O) groups is 1. The molecule has 1 saturated heterocycles. The van der Waals surface area contributed by atoms with Gasteiger partial charge in [0, 0.05) is 12.6 Å². The number of rotatable bonds is 2. The van der Waals surface area contributed by atoms with Gasteiger partial charge in [0.25, 0.3) is 0 Å². The second-order valence-corrected chi connectivity index (χ2v) is 2.53. The van der Waals surface area contributed by atoms with Crippen LogP contribution in [0.1, 0.15) is 0 Å². The summed E-state index contributed by atoms with van der Waals surface area (Å²) in [6.07, 6.45) is 1.98. The molecule has 0 spiro atoms. The topological polar surface area (TPSA) is 58.2 Å². The highest BCUT2D eigenvalue weighted by molar-refractivity contribution is 5.63. The molecule has 1 aromatic rings. The van der Waals surface area contributed by atoms with Crippen LogP contribution in [0.25, 0.3) is 0 Å². The fourth-order valence-electron chi connectivity index (χ4n) is 1.27. The number of aromatic amines is 1. The molecular formula is C7H9N3O2. The van der Waals surface area contributed by atoms with Crippen molar-refractivity contribution in [1.29, 1.82) is 0 Å². The van der Waals surface area contributed by atoms with E-state index < -0.39 is 6.23 Å². The van der Waals surface area contributed by atoms with Gasteiger partial charge < -0.3 is 9.64 Å². The molecule has 0 saturated carbocycles. The highest BCUT2D eigenvalue weighted by Gasteiger charge is 2.25. The third-order valence-electron chi connectivity index (χ3n) is 1.84. The van der Waals surface area contributed by atoms with Crippen LogP contribution in [-0.2, 0) is 9.53 Å². The summed E-state index contributed by atoms with van der Waals surface area (Å²) in [7, 11) is 0. The number of H-pyrrole nitrogens is 1. The molecule has 0 bridgehead atoms. The Morgan fingerprint density at radius 3 is 3.42 bits per heavy atom. The highest BCUT2D eigenvalue weighted by Crippen LogP contribution is 2.16. The summed E-state index contributed by atoms with van der Waals surface area (Å²) in [4.78, 5) is 12.3. The molecule has 2 heterocycles. The molecule has 0 amide bonds. The van der Waals surface area contributed by atoms with Gasteiger partial charge in [0.2, 0.25) is 0 Å². The maximum absolute atomic E-state index is 10.5. The van der Waals surface area contributed by atoms with Crippen LogP contribution < -0.4 is 4.90 Å². The molecule has 1 N–H and O–H groups in total. The van der Waals surface area contributed by atoms with Crippen LogP contribution in [0.15, 0.2) is 12.3 Å². The van der Waals surface area contributed by atoms with Crippen LogP contribution in [0.4, 0.5) is 5.82 Å². The fraction of sp³-hybridized carbons (Fsp3) is 0.429. The Bertz CT molecular complexity index is 260. The van der Waals surface area contributed by atoms with Gasteiger partial charge in [0.15, 0.2) is 12.5 Å². The van der Waals surface area contributed by atoms with Gasteiger partial charge in [-0.25, -0.2) is 0 Å². The predicted octanol–water partition coefficient (Wildman–Crippen LogP) is -0.229. The zero-order valence-corrected chi connectivity index (χ0v) is 6.43. The van der Waals surface area contributed by atoms with Crippen LogP contribution in [-0.4, -0.2) is 35.9 Å². The standard InChI is InChI=1S/C7H9N3O2/c11-5-7-10(3-4-12-7)6-1-2-8-9-6/h1-2,5,7H,3-4H2,(H,8,9). The van der Waals surface area contributed by atoms with Crippen molar-refractivity contribution in [3.05, 3.63) is 12.3 Å². The summed E-state index contributed by atoms with van der Waals surface area (Å²) in [5.41, 5.74) is 0. The van der Waals surface area contributed by atoms with Gasteiger partial charge in [-0.15, -0.1) is 0 Å². The first-order valence-corrected chi connectivity index (χ1v) is 3.75. The van der Waals surface area contributed by atoms with Crippen molar-refractivity contribution < 1.29 is 9.53 Å². The lowest BCUT2D eigenvalue weighted by molar-refractivity contribution is -0.115. The Kier molecular flexibility index (Phi) is 1.79. The van der Waals surface area contributed by atoms with E-state index >= 15 is 0 Å². The normalized spacial score (nSPS) is 23.0. The lowest BCUT2D eigenvalue weighted by atomic mass is 10.5. The van der Waals surface area contributed by atoms with E-state index in [1.54, 1.807) is 6.20 Å². The Hall–Kier alpha value is -1.36. The van der Waals surface area contributed by atoms with Crippen molar-refractivity contribution in [3.8, 4) is 0 Å². The summed E-state index contributed by atoms with van der Waals surface area (Å²) < 4.78 is 5.15. The van der Waals surface area contributed by atoms with Gasteiger partial charge in [0.1, 0.15) is 5.82 Å². The van der Waals surface area contributed by atoms with E-state index in [-0.39, 0.29) is 0 Å². The first-order chi connectivity index (χ1) is 5.92. The summed E-state index contributed by atoms with van der Waals surface area (Å²) in [5.74, 6) is 0.824. The van der Waals surface area contributed by atoms with Gasteiger partial charge in [-0.2, -0.15) is 5.10 Å². The number of nitrogens with zero attached hydrogens (tertiary/aromatic N) is 2. The summed E-state index contributed by atoms with van der Waals surface area (Å²) >= 11 is 0. The van der Waals surface area contributed by atoms with E-state index in [2.05, 4.69) is 10.2 Å². The van der Waals surface area contributed by atoms with E-state index in [9.17, 15) is 4.79 Å². The fourth-order valence-corrected chi connectivity index (χ4v) is 1.27. The minimum atomic E-state index is -0.453. The van der Waals surface area contributed by atoms with Gasteiger partial charge in [0.05, 0.1) is 12.8 Å². The Balaban J connectivity index is 2.18. The van der Waals surface area contributed by atoms with Crippen molar-refractivity contribution in [2.75, 3.05) is 18.1 Å². The predicted molar refractivity (Wildman–Crippen MR) is 41.7 cm³/mol. The lowest BCUT2D eigenvalue weighted by Gasteiger charge is -2.17. The Morgan fingerprint density at radius 1 is 1.83 bits per heavy atom. The van der Waals surface area contributed by atoms with E-state index in [0.717, 1.165) is 18.6 Å². The van der Waals surface area contributed by atoms with Crippen LogP contribution in [0.5, 0.6) is 0 Å². The van der Waals surface area contributed by atoms with Crippen molar-refractivity contribution in [3.63, 3.8) is 0 Å². The number of aldehydes is 1. The molecule has 5 nitrogen and oxygen atoms in total. The number of aromatic nitrogens is 2. The van der Waals surface area contributed by atoms with Gasteiger partial charge in [-0.05, 0) is 0 Å². The van der Waals surface area contributed by atoms with Crippen molar-refractivity contribution >= 4 is 12.1 Å². The van der Waals surface area contributed by atoms with Crippen molar-refractivity contribution in [2.24, 2.45) is 0 Å². The molecule has 64 valence electrons. The molecule has 12 heavy (non-hydrogen) atoms. The summed E-state index contributed by atoms with van der Waals surface area (Å²) in [6.45, 7) is 1.31. The first-order valence-electron chi connectivity index (χ1n) is 3.75. The molecule has 5 heteroatoms. The molecule has 0 radical (unpaired) electrons. The smallest absolute Gasteiger partial charge is 0.187 e. The van der Waals surface area contributed by atoms with Crippen molar-refractivity contribution in [2.45, 2.75) is 6.23 Å². The number of nitrogens with one attached hydrogen (secondary N) is 1. The highest BCUT2D eigenvalue weighted by atomic mass is 16.5. The minimum Gasteiger partial charge on any atom is -0.349 e. The molecule has 1 unspecified atom stereocenters. The van der Waals surface area contributed by atoms with Crippen molar-refractivity contribution in [1.82, 2.24) is 10.2 Å². The molecule has 1 aliphatic rings. The number of carbonyl (C=O) groups excluding carboxylic acids is 1. The largest absolute Gasteiger partial charge is 0.349 e. The molecule has 1 aromatic heterocycles. The van der Waals surface area contributed by atoms with Gasteiger partial charge in [-0.3, -0.25) is 9.89 Å². The second kappa shape index (κ2) is 2.94. The number of ether oxygens (including phenoxy) is 1. The maximum atomic E-state index is 10.5. The zero-order chi connectivity index (χ0) is 8.39. The average Bonchev–Trinajstić information content (AvgIpc) is 2.74. The molecular weight excluding hydrogens is 158 g/mol. The third kappa shape index (κ3) is 1.08. The molecule has 0 aliphatic carbocycles. The van der Waals surface area contributed by atoms with Crippen LogP contribution >= 0.6 is 0 Å². The Labute approximate surface area is 69.3 Å². The number of anilines is 1. The monoisotopic (exact) mass is 167 g/mol. The molecule has 1 atom stereocenters. The quantitative estimate of drug-likeness (QED) is 0.618. The molecule has 1 aliphatic heterocycles. The summed E-state index contributed by atoms with van der Waals surface area (Å²) in [5, 5.41) is 6.58. The third-order valence-corrected chi connectivity index (χ3v) is 1.84. The van der Waals surface area contributed by atoms with Gasteiger partial charge >= 0.3 is 0 Å². The van der Waals surface area contributed by atoms with E-state index in [0.29, 0.717) is 6.61 Å². The van der Waals surface area contributed by atoms with Crippen LogP contribution in [0.2, 0.25) is 0 Å². The van der Waals surface area contributed by atoms with E-state index in [4.69, 9.17) is 4.74 Å².